The van der Waals surface area contributed by atoms with Gasteiger partial charge >= 0.3 is 6.18 Å². The molecule has 1 atom stereocenters. The summed E-state index contributed by atoms with van der Waals surface area (Å²) < 4.78 is 41.8. The predicted molar refractivity (Wildman–Crippen MR) is 74.7 cm³/mol. The van der Waals surface area contributed by atoms with Gasteiger partial charge in [0.15, 0.2) is 0 Å². The monoisotopic (exact) mass is 333 g/mol. The van der Waals surface area contributed by atoms with Gasteiger partial charge in [-0.3, -0.25) is 14.5 Å². The molecule has 1 saturated heterocycles. The number of alkyl halides is 3. The van der Waals surface area contributed by atoms with Crippen LogP contribution in [-0.4, -0.2) is 66.6 Å². The highest BCUT2D eigenvalue weighted by molar-refractivity contribution is 5.97. The van der Waals surface area contributed by atoms with Crippen LogP contribution in [0.2, 0.25) is 0 Å². The second-order valence-electron chi connectivity index (χ2n) is 5.42. The van der Waals surface area contributed by atoms with Crippen LogP contribution in [0, 0.1) is 0 Å². The molecule has 1 N–H and O–H groups in total. The first-order valence-electron chi connectivity index (χ1n) is 7.17. The van der Waals surface area contributed by atoms with Crippen LogP contribution in [0.15, 0.2) is 23.0 Å². The van der Waals surface area contributed by atoms with E-state index in [1.807, 2.05) is 0 Å². The van der Waals surface area contributed by atoms with E-state index in [0.29, 0.717) is 5.56 Å². The van der Waals surface area contributed by atoms with Gasteiger partial charge in [0.2, 0.25) is 5.91 Å². The fourth-order valence-corrected chi connectivity index (χ4v) is 2.39. The van der Waals surface area contributed by atoms with Gasteiger partial charge in [-0.25, -0.2) is 0 Å². The van der Waals surface area contributed by atoms with E-state index in [9.17, 15) is 22.8 Å². The highest BCUT2D eigenvalue weighted by Gasteiger charge is 2.33. The molecule has 23 heavy (non-hydrogen) atoms. The first kappa shape index (κ1) is 17.3. The van der Waals surface area contributed by atoms with Crippen molar-refractivity contribution in [1.82, 2.24) is 15.1 Å². The number of piperazine rings is 1. The van der Waals surface area contributed by atoms with E-state index in [1.165, 1.54) is 28.4 Å². The highest BCUT2D eigenvalue weighted by atomic mass is 19.4. The van der Waals surface area contributed by atoms with Crippen LogP contribution in [0.3, 0.4) is 0 Å². The number of nitrogens with one attached hydrogen (secondary N) is 1. The zero-order valence-corrected chi connectivity index (χ0v) is 12.6. The quantitative estimate of drug-likeness (QED) is 0.896. The molecule has 1 aliphatic rings. The molecule has 0 bridgehead atoms. The molecule has 9 heteroatoms. The fraction of sp³-hybridized carbons (Fsp3) is 0.571. The molecule has 1 fully saturated rings. The Kier molecular flexibility index (Phi) is 5.30. The summed E-state index contributed by atoms with van der Waals surface area (Å²) in [4.78, 5) is 26.8. The molecule has 2 rings (SSSR count). The molecule has 0 spiro atoms. The summed E-state index contributed by atoms with van der Waals surface area (Å²) in [7, 11) is 0. The summed E-state index contributed by atoms with van der Waals surface area (Å²) in [6, 6.07) is 0.717. The van der Waals surface area contributed by atoms with Crippen LogP contribution in [0.5, 0.6) is 0 Å². The summed E-state index contributed by atoms with van der Waals surface area (Å²) in [6.45, 7) is 1.31. The third kappa shape index (κ3) is 4.98. The smallest absolute Gasteiger partial charge is 0.401 e. The van der Waals surface area contributed by atoms with E-state index in [0.717, 1.165) is 0 Å². The Morgan fingerprint density at radius 1 is 1.30 bits per heavy atom. The molecule has 1 aromatic rings. The van der Waals surface area contributed by atoms with Gasteiger partial charge in [-0.2, -0.15) is 13.2 Å². The van der Waals surface area contributed by atoms with Gasteiger partial charge in [0.1, 0.15) is 12.3 Å². The van der Waals surface area contributed by atoms with Crippen molar-refractivity contribution in [2.45, 2.75) is 19.1 Å². The number of rotatable bonds is 4. The number of halogens is 3. The van der Waals surface area contributed by atoms with Gasteiger partial charge in [0.05, 0.1) is 18.4 Å². The van der Waals surface area contributed by atoms with E-state index in [-0.39, 0.29) is 32.1 Å². The Hall–Kier alpha value is -2.03. The second kappa shape index (κ2) is 7.03. The summed E-state index contributed by atoms with van der Waals surface area (Å²) >= 11 is 0. The molecular weight excluding hydrogens is 315 g/mol. The Morgan fingerprint density at radius 3 is 2.48 bits per heavy atom. The Labute approximate surface area is 131 Å². The van der Waals surface area contributed by atoms with E-state index >= 15 is 0 Å². The van der Waals surface area contributed by atoms with Gasteiger partial charge in [0.25, 0.3) is 5.91 Å². The van der Waals surface area contributed by atoms with Crippen molar-refractivity contribution in [3.05, 3.63) is 24.2 Å². The third-order valence-corrected chi connectivity index (χ3v) is 3.59. The molecule has 1 unspecified atom stereocenters. The van der Waals surface area contributed by atoms with Crippen molar-refractivity contribution >= 4 is 11.8 Å². The van der Waals surface area contributed by atoms with Crippen molar-refractivity contribution in [2.24, 2.45) is 0 Å². The van der Waals surface area contributed by atoms with Gasteiger partial charge < -0.3 is 14.6 Å². The Morgan fingerprint density at radius 2 is 1.96 bits per heavy atom. The summed E-state index contributed by atoms with van der Waals surface area (Å²) in [5, 5.41) is 2.55. The lowest BCUT2D eigenvalue weighted by atomic mass is 10.2. The van der Waals surface area contributed by atoms with Gasteiger partial charge in [-0.1, -0.05) is 0 Å². The molecule has 1 aromatic heterocycles. The van der Waals surface area contributed by atoms with Crippen molar-refractivity contribution in [2.75, 3.05) is 32.7 Å². The second-order valence-corrected chi connectivity index (χ2v) is 5.42. The van der Waals surface area contributed by atoms with Crippen LogP contribution < -0.4 is 5.32 Å². The van der Waals surface area contributed by atoms with Crippen LogP contribution in [0.4, 0.5) is 13.2 Å². The lowest BCUT2D eigenvalue weighted by Crippen LogP contribution is -2.55. The van der Waals surface area contributed by atoms with Gasteiger partial charge in [-0.15, -0.1) is 0 Å². The Bertz CT molecular complexity index is 537. The molecule has 0 aromatic carbocycles. The normalized spacial score (nSPS) is 17.8. The molecule has 1 aliphatic heterocycles. The van der Waals surface area contributed by atoms with Crippen LogP contribution in [-0.2, 0) is 4.79 Å². The predicted octanol–water partition coefficient (Wildman–Crippen LogP) is 1.10. The zero-order valence-electron chi connectivity index (χ0n) is 12.6. The molecule has 6 nitrogen and oxygen atoms in total. The number of hydrogen-bond donors (Lipinski definition) is 1. The number of carbonyl (C=O) groups excluding carboxylic acids is 2. The SMILES string of the molecule is CC(NC(=O)c1ccoc1)C(=O)N1CCN(CC(F)(F)F)CC1. The molecule has 2 heterocycles. The first-order chi connectivity index (χ1) is 10.8. The van der Waals surface area contributed by atoms with Gasteiger partial charge in [-0.05, 0) is 13.0 Å². The van der Waals surface area contributed by atoms with Gasteiger partial charge in [0, 0.05) is 26.2 Å². The average molecular weight is 333 g/mol. The highest BCUT2D eigenvalue weighted by Crippen LogP contribution is 2.17. The molecular formula is C14H18F3N3O3. The molecule has 128 valence electrons. The number of amides is 2. The third-order valence-electron chi connectivity index (χ3n) is 3.59. The minimum atomic E-state index is -4.24. The lowest BCUT2D eigenvalue weighted by Gasteiger charge is -2.36. The van der Waals surface area contributed by atoms with Crippen molar-refractivity contribution in [3.8, 4) is 0 Å². The topological polar surface area (TPSA) is 65.8 Å². The summed E-state index contributed by atoms with van der Waals surface area (Å²) in [6.07, 6.45) is -1.62. The average Bonchev–Trinajstić information content (AvgIpc) is 3.00. The minimum Gasteiger partial charge on any atom is -0.472 e. The van der Waals surface area contributed by atoms with Crippen molar-refractivity contribution in [1.29, 1.82) is 0 Å². The van der Waals surface area contributed by atoms with E-state index in [1.54, 1.807) is 6.92 Å². The minimum absolute atomic E-state index is 0.160. The Balaban J connectivity index is 1.81. The van der Waals surface area contributed by atoms with Crippen LogP contribution in [0.1, 0.15) is 17.3 Å². The maximum atomic E-state index is 12.3. The molecule has 0 aliphatic carbocycles. The van der Waals surface area contributed by atoms with Crippen LogP contribution >= 0.6 is 0 Å². The summed E-state index contributed by atoms with van der Waals surface area (Å²) in [5.74, 6) is -0.746. The molecule has 2 amide bonds. The van der Waals surface area contributed by atoms with Crippen molar-refractivity contribution < 1.29 is 27.2 Å². The van der Waals surface area contributed by atoms with E-state index in [2.05, 4.69) is 5.32 Å². The maximum Gasteiger partial charge on any atom is 0.401 e. The molecule has 0 radical (unpaired) electrons. The standard InChI is InChI=1S/C14H18F3N3O3/c1-10(18-12(21)11-2-7-23-8-11)13(22)20-5-3-19(4-6-20)9-14(15,16)17/h2,7-8,10H,3-6,9H2,1H3,(H,18,21). The van der Waals surface area contributed by atoms with Crippen LogP contribution in [0.25, 0.3) is 0 Å². The number of furan rings is 1. The van der Waals surface area contributed by atoms with E-state index in [4.69, 9.17) is 4.42 Å². The van der Waals surface area contributed by atoms with E-state index < -0.39 is 24.7 Å². The lowest BCUT2D eigenvalue weighted by molar-refractivity contribution is -0.152. The zero-order chi connectivity index (χ0) is 17.0. The fourth-order valence-electron chi connectivity index (χ4n) is 2.39. The molecule has 0 saturated carbocycles. The first-order valence-corrected chi connectivity index (χ1v) is 7.17. The largest absolute Gasteiger partial charge is 0.472 e. The maximum absolute atomic E-state index is 12.3. The number of carbonyl (C=O) groups is 2. The number of nitrogens with zero attached hydrogens (tertiary/aromatic N) is 2. The summed E-state index contributed by atoms with van der Waals surface area (Å²) in [5.41, 5.74) is 0.305. The van der Waals surface area contributed by atoms with Crippen molar-refractivity contribution in [3.63, 3.8) is 0 Å². The number of hydrogen-bond acceptors (Lipinski definition) is 4.